The fourth-order valence-electron chi connectivity index (χ4n) is 3.82. The van der Waals surface area contributed by atoms with Crippen molar-refractivity contribution in [1.29, 1.82) is 0 Å². The van der Waals surface area contributed by atoms with Gasteiger partial charge in [-0.25, -0.2) is 4.98 Å². The molecule has 1 amide bonds. The van der Waals surface area contributed by atoms with Crippen LogP contribution in [0.25, 0.3) is 11.0 Å². The van der Waals surface area contributed by atoms with E-state index in [0.29, 0.717) is 36.2 Å². The second-order valence-corrected chi connectivity index (χ2v) is 7.93. The molecule has 0 unspecified atom stereocenters. The van der Waals surface area contributed by atoms with E-state index in [1.165, 1.54) is 0 Å². The SMILES string of the molecule is C[C@H]1CCCN(C(=O)c2cc3cccnc3n(Cc3ccc(Cl)cc3)c2=O)C1. The van der Waals surface area contributed by atoms with Gasteiger partial charge in [-0.2, -0.15) is 0 Å². The van der Waals surface area contributed by atoms with Crippen molar-refractivity contribution in [3.63, 3.8) is 0 Å². The van der Waals surface area contributed by atoms with Gasteiger partial charge in [-0.1, -0.05) is 30.7 Å². The van der Waals surface area contributed by atoms with Crippen LogP contribution in [0.2, 0.25) is 5.02 Å². The van der Waals surface area contributed by atoms with Crippen molar-refractivity contribution in [2.24, 2.45) is 5.92 Å². The van der Waals surface area contributed by atoms with Crippen LogP contribution in [0.5, 0.6) is 0 Å². The van der Waals surface area contributed by atoms with Crippen LogP contribution < -0.4 is 5.56 Å². The van der Waals surface area contributed by atoms with Crippen molar-refractivity contribution in [3.8, 4) is 0 Å². The second-order valence-electron chi connectivity index (χ2n) is 7.49. The highest BCUT2D eigenvalue weighted by atomic mass is 35.5. The summed E-state index contributed by atoms with van der Waals surface area (Å²) in [5.74, 6) is 0.267. The van der Waals surface area contributed by atoms with Crippen LogP contribution in [-0.2, 0) is 6.54 Å². The third kappa shape index (κ3) is 3.67. The maximum Gasteiger partial charge on any atom is 0.265 e. The highest BCUT2D eigenvalue weighted by molar-refractivity contribution is 6.30. The average Bonchev–Trinajstić information content (AvgIpc) is 2.71. The summed E-state index contributed by atoms with van der Waals surface area (Å²) >= 11 is 5.97. The quantitative estimate of drug-likeness (QED) is 0.674. The van der Waals surface area contributed by atoms with E-state index in [9.17, 15) is 9.59 Å². The van der Waals surface area contributed by atoms with Crippen LogP contribution in [-0.4, -0.2) is 33.4 Å². The van der Waals surface area contributed by atoms with Gasteiger partial charge in [-0.15, -0.1) is 0 Å². The number of likely N-dealkylation sites (tertiary alicyclic amines) is 1. The molecule has 0 radical (unpaired) electrons. The Morgan fingerprint density at radius 2 is 2.04 bits per heavy atom. The molecule has 28 heavy (non-hydrogen) atoms. The van der Waals surface area contributed by atoms with Gasteiger partial charge in [0.05, 0.1) is 6.54 Å². The molecule has 3 heterocycles. The number of nitrogens with zero attached hydrogens (tertiary/aromatic N) is 3. The zero-order valence-corrected chi connectivity index (χ0v) is 16.5. The summed E-state index contributed by atoms with van der Waals surface area (Å²) in [6, 6.07) is 12.7. The molecule has 0 N–H and O–H groups in total. The zero-order chi connectivity index (χ0) is 19.7. The van der Waals surface area contributed by atoms with Crippen molar-refractivity contribution in [2.45, 2.75) is 26.3 Å². The number of halogens is 1. The molecule has 1 aliphatic rings. The molecule has 6 heteroatoms. The topological polar surface area (TPSA) is 55.2 Å². The third-order valence-electron chi connectivity index (χ3n) is 5.28. The molecular weight excluding hydrogens is 374 g/mol. The lowest BCUT2D eigenvalue weighted by atomic mass is 9.99. The van der Waals surface area contributed by atoms with E-state index in [2.05, 4.69) is 11.9 Å². The van der Waals surface area contributed by atoms with E-state index in [4.69, 9.17) is 11.6 Å². The van der Waals surface area contributed by atoms with Crippen molar-refractivity contribution >= 4 is 28.5 Å². The van der Waals surface area contributed by atoms with E-state index in [1.54, 1.807) is 33.9 Å². The summed E-state index contributed by atoms with van der Waals surface area (Å²) in [5.41, 5.74) is 1.41. The van der Waals surface area contributed by atoms with Gasteiger partial charge in [-0.05, 0) is 54.7 Å². The lowest BCUT2D eigenvalue weighted by molar-refractivity contribution is 0.0681. The van der Waals surface area contributed by atoms with Gasteiger partial charge in [0, 0.05) is 29.7 Å². The van der Waals surface area contributed by atoms with Gasteiger partial charge in [0.1, 0.15) is 11.2 Å². The molecule has 4 rings (SSSR count). The Labute approximate surface area is 168 Å². The molecule has 0 aliphatic carbocycles. The minimum atomic E-state index is -0.302. The summed E-state index contributed by atoms with van der Waals surface area (Å²) in [7, 11) is 0. The lowest BCUT2D eigenvalue weighted by Gasteiger charge is -2.31. The number of piperidine rings is 1. The van der Waals surface area contributed by atoms with Crippen LogP contribution in [0.15, 0.2) is 53.5 Å². The summed E-state index contributed by atoms with van der Waals surface area (Å²) in [4.78, 5) is 32.6. The summed E-state index contributed by atoms with van der Waals surface area (Å²) in [5, 5.41) is 1.42. The Morgan fingerprint density at radius 3 is 2.79 bits per heavy atom. The molecule has 1 saturated heterocycles. The predicted octanol–water partition coefficient (Wildman–Crippen LogP) is 3.97. The van der Waals surface area contributed by atoms with Crippen molar-refractivity contribution in [3.05, 3.63) is 75.2 Å². The van der Waals surface area contributed by atoms with E-state index in [0.717, 1.165) is 23.8 Å². The molecule has 0 saturated carbocycles. The van der Waals surface area contributed by atoms with E-state index in [1.807, 2.05) is 24.3 Å². The Morgan fingerprint density at radius 1 is 1.25 bits per heavy atom. The van der Waals surface area contributed by atoms with Crippen molar-refractivity contribution < 1.29 is 4.79 Å². The molecule has 1 aromatic carbocycles. The van der Waals surface area contributed by atoms with Crippen LogP contribution in [0.4, 0.5) is 0 Å². The normalized spacial score (nSPS) is 17.1. The molecule has 1 aliphatic heterocycles. The van der Waals surface area contributed by atoms with Gasteiger partial charge in [-0.3, -0.25) is 14.2 Å². The second kappa shape index (κ2) is 7.76. The monoisotopic (exact) mass is 395 g/mol. The van der Waals surface area contributed by atoms with Crippen molar-refractivity contribution in [1.82, 2.24) is 14.5 Å². The summed E-state index contributed by atoms with van der Waals surface area (Å²) in [6.45, 7) is 3.87. The molecule has 0 spiro atoms. The minimum absolute atomic E-state index is 0.188. The fraction of sp³-hybridized carbons (Fsp3) is 0.318. The maximum absolute atomic E-state index is 13.3. The molecule has 1 fully saturated rings. The number of benzene rings is 1. The van der Waals surface area contributed by atoms with Gasteiger partial charge in [0.25, 0.3) is 11.5 Å². The number of fused-ring (bicyclic) bond motifs is 1. The Balaban J connectivity index is 1.79. The Kier molecular flexibility index (Phi) is 5.18. The van der Waals surface area contributed by atoms with Gasteiger partial charge in [0.2, 0.25) is 0 Å². The van der Waals surface area contributed by atoms with E-state index < -0.39 is 0 Å². The number of aromatic nitrogens is 2. The highest BCUT2D eigenvalue weighted by Gasteiger charge is 2.25. The standard InChI is InChI=1S/C22H22ClN3O2/c1-15-4-3-11-25(13-15)21(27)19-12-17-5-2-10-24-20(17)26(22(19)28)14-16-6-8-18(23)9-7-16/h2,5-10,12,15H,3-4,11,13-14H2,1H3/t15-/m0/s1. The van der Waals surface area contributed by atoms with E-state index >= 15 is 0 Å². The molecular formula is C22H22ClN3O2. The third-order valence-corrected chi connectivity index (χ3v) is 5.53. The first-order valence-corrected chi connectivity index (χ1v) is 9.93. The first-order valence-electron chi connectivity index (χ1n) is 9.55. The predicted molar refractivity (Wildman–Crippen MR) is 111 cm³/mol. The largest absolute Gasteiger partial charge is 0.338 e. The highest BCUT2D eigenvalue weighted by Crippen LogP contribution is 2.19. The summed E-state index contributed by atoms with van der Waals surface area (Å²) < 4.78 is 1.58. The van der Waals surface area contributed by atoms with Crippen LogP contribution in [0, 0.1) is 5.92 Å². The average molecular weight is 396 g/mol. The molecule has 3 aromatic rings. The van der Waals surface area contributed by atoms with Crippen LogP contribution in [0.3, 0.4) is 0 Å². The van der Waals surface area contributed by atoms with Crippen molar-refractivity contribution in [2.75, 3.05) is 13.1 Å². The molecule has 2 aromatic heterocycles. The van der Waals surface area contributed by atoms with Crippen LogP contribution >= 0.6 is 11.6 Å². The van der Waals surface area contributed by atoms with E-state index in [-0.39, 0.29) is 17.0 Å². The van der Waals surface area contributed by atoms with Crippen LogP contribution in [0.1, 0.15) is 35.7 Å². The molecule has 5 nitrogen and oxygen atoms in total. The lowest BCUT2D eigenvalue weighted by Crippen LogP contribution is -2.42. The number of hydrogen-bond acceptors (Lipinski definition) is 3. The Hall–Kier alpha value is -2.66. The number of pyridine rings is 2. The Bertz CT molecular complexity index is 1080. The molecule has 0 bridgehead atoms. The zero-order valence-electron chi connectivity index (χ0n) is 15.8. The fourth-order valence-corrected chi connectivity index (χ4v) is 3.95. The smallest absolute Gasteiger partial charge is 0.265 e. The number of rotatable bonds is 3. The molecule has 144 valence electrons. The summed E-state index contributed by atoms with van der Waals surface area (Å²) in [6.07, 6.45) is 3.75. The minimum Gasteiger partial charge on any atom is -0.338 e. The van der Waals surface area contributed by atoms with Gasteiger partial charge < -0.3 is 4.90 Å². The number of carbonyl (C=O) groups excluding carboxylic acids is 1. The first-order chi connectivity index (χ1) is 13.5. The number of hydrogen-bond donors (Lipinski definition) is 0. The maximum atomic E-state index is 13.3. The molecule has 1 atom stereocenters. The van der Waals surface area contributed by atoms with Gasteiger partial charge in [0.15, 0.2) is 0 Å². The number of amides is 1. The number of carbonyl (C=O) groups is 1. The first kappa shape index (κ1) is 18.7. The van der Waals surface area contributed by atoms with Gasteiger partial charge >= 0.3 is 0 Å².